The van der Waals surface area contributed by atoms with E-state index in [1.54, 1.807) is 12.1 Å². The van der Waals surface area contributed by atoms with Crippen molar-refractivity contribution in [1.29, 1.82) is 0 Å². The van der Waals surface area contributed by atoms with Crippen molar-refractivity contribution in [3.05, 3.63) is 99.0 Å². The zero-order chi connectivity index (χ0) is 23.7. The number of carbonyl (C=O) groups excluding carboxylic acids is 1. The highest BCUT2D eigenvalue weighted by Gasteiger charge is 2.35. The van der Waals surface area contributed by atoms with Crippen LogP contribution in [-0.4, -0.2) is 35.5 Å². The van der Waals surface area contributed by atoms with Gasteiger partial charge in [0.2, 0.25) is 0 Å². The summed E-state index contributed by atoms with van der Waals surface area (Å²) in [5.74, 6) is -2.38. The SMILES string of the molecule is Cc1ccc(N2CCN(C(=O)C(O)c3ccc(F)cc3F)C[C@H]2c2ccc(Cl)cc2)c(Cl)c1. The Kier molecular flexibility index (Phi) is 6.88. The molecule has 4 nitrogen and oxygen atoms in total. The molecule has 3 aromatic rings. The van der Waals surface area contributed by atoms with Crippen molar-refractivity contribution in [2.45, 2.75) is 19.1 Å². The molecule has 1 amide bonds. The largest absolute Gasteiger partial charge is 0.378 e. The molecule has 0 aliphatic carbocycles. The fourth-order valence-electron chi connectivity index (χ4n) is 4.12. The molecule has 0 spiro atoms. The van der Waals surface area contributed by atoms with E-state index in [0.29, 0.717) is 29.2 Å². The molecule has 1 unspecified atom stereocenters. The average molecular weight is 491 g/mol. The second-order valence-corrected chi connectivity index (χ2v) is 8.91. The van der Waals surface area contributed by atoms with Gasteiger partial charge in [0, 0.05) is 36.3 Å². The van der Waals surface area contributed by atoms with Crippen molar-refractivity contribution in [2.24, 2.45) is 0 Å². The van der Waals surface area contributed by atoms with E-state index in [4.69, 9.17) is 23.2 Å². The minimum absolute atomic E-state index is 0.241. The number of benzene rings is 3. The first-order valence-corrected chi connectivity index (χ1v) is 11.2. The van der Waals surface area contributed by atoms with Crippen LogP contribution in [0, 0.1) is 18.6 Å². The van der Waals surface area contributed by atoms with Crippen molar-refractivity contribution in [2.75, 3.05) is 24.5 Å². The van der Waals surface area contributed by atoms with Crippen LogP contribution in [0.5, 0.6) is 0 Å². The standard InChI is InChI=1S/C25H22Cl2F2N2O2/c1-15-2-9-22(20(27)12-15)31-11-10-30(14-23(31)16-3-5-17(26)6-4-16)25(33)24(32)19-8-7-18(28)13-21(19)29/h2-9,12-13,23-24,32H,10-11,14H2,1H3/t23-,24?/m0/s1. The van der Waals surface area contributed by atoms with E-state index in [0.717, 1.165) is 28.9 Å². The van der Waals surface area contributed by atoms with Gasteiger partial charge in [0.25, 0.3) is 5.91 Å². The molecule has 4 rings (SSSR count). The number of halogens is 4. The van der Waals surface area contributed by atoms with E-state index in [1.807, 2.05) is 37.3 Å². The second-order valence-electron chi connectivity index (χ2n) is 8.07. The molecular weight excluding hydrogens is 469 g/mol. The number of aryl methyl sites for hydroxylation is 1. The predicted octanol–water partition coefficient (Wildman–Crippen LogP) is 5.70. The quantitative estimate of drug-likeness (QED) is 0.509. The molecule has 172 valence electrons. The summed E-state index contributed by atoms with van der Waals surface area (Å²) in [6, 6.07) is 15.6. The van der Waals surface area contributed by atoms with E-state index < -0.39 is 23.6 Å². The zero-order valence-electron chi connectivity index (χ0n) is 17.8. The van der Waals surface area contributed by atoms with Crippen LogP contribution in [0.2, 0.25) is 10.0 Å². The lowest BCUT2D eigenvalue weighted by molar-refractivity contribution is -0.141. The Hall–Kier alpha value is -2.67. The number of aliphatic hydroxyl groups is 1. The summed E-state index contributed by atoms with van der Waals surface area (Å²) >= 11 is 12.6. The van der Waals surface area contributed by atoms with E-state index in [9.17, 15) is 18.7 Å². The van der Waals surface area contributed by atoms with Gasteiger partial charge in [-0.1, -0.05) is 47.5 Å². The maximum absolute atomic E-state index is 14.2. The molecule has 2 atom stereocenters. The molecule has 0 radical (unpaired) electrons. The highest BCUT2D eigenvalue weighted by molar-refractivity contribution is 6.33. The lowest BCUT2D eigenvalue weighted by Crippen LogP contribution is -2.52. The van der Waals surface area contributed by atoms with Gasteiger partial charge in [-0.25, -0.2) is 8.78 Å². The summed E-state index contributed by atoms with van der Waals surface area (Å²) in [4.78, 5) is 16.7. The minimum Gasteiger partial charge on any atom is -0.378 e. The summed E-state index contributed by atoms with van der Waals surface area (Å²) in [7, 11) is 0. The van der Waals surface area contributed by atoms with Crippen LogP contribution in [0.25, 0.3) is 0 Å². The summed E-state index contributed by atoms with van der Waals surface area (Å²) < 4.78 is 27.4. The van der Waals surface area contributed by atoms with Gasteiger partial charge in [-0.05, 0) is 48.4 Å². The third kappa shape index (κ3) is 4.98. The van der Waals surface area contributed by atoms with Crippen LogP contribution in [0.3, 0.4) is 0 Å². The summed E-state index contributed by atoms with van der Waals surface area (Å²) in [5.41, 5.74) is 2.52. The number of hydrogen-bond acceptors (Lipinski definition) is 3. The average Bonchev–Trinajstić information content (AvgIpc) is 2.78. The summed E-state index contributed by atoms with van der Waals surface area (Å²) in [6.45, 7) is 2.94. The molecule has 1 N–H and O–H groups in total. The molecule has 0 aromatic heterocycles. The third-order valence-corrected chi connectivity index (χ3v) is 6.41. The van der Waals surface area contributed by atoms with Gasteiger partial charge in [0.15, 0.2) is 6.10 Å². The first-order valence-electron chi connectivity index (χ1n) is 10.4. The van der Waals surface area contributed by atoms with Crippen molar-refractivity contribution >= 4 is 34.8 Å². The normalized spacial score (nSPS) is 17.2. The molecule has 1 saturated heterocycles. The Balaban J connectivity index is 1.64. The third-order valence-electron chi connectivity index (χ3n) is 5.85. The van der Waals surface area contributed by atoms with Crippen molar-refractivity contribution in [3.8, 4) is 0 Å². The van der Waals surface area contributed by atoms with Crippen molar-refractivity contribution < 1.29 is 18.7 Å². The number of aliphatic hydroxyl groups excluding tert-OH is 1. The number of hydrogen-bond donors (Lipinski definition) is 1. The molecular formula is C25H22Cl2F2N2O2. The molecule has 0 bridgehead atoms. The molecule has 1 aliphatic heterocycles. The molecule has 33 heavy (non-hydrogen) atoms. The maximum Gasteiger partial charge on any atom is 0.256 e. The molecule has 1 fully saturated rings. The fraction of sp³-hybridized carbons (Fsp3) is 0.240. The summed E-state index contributed by atoms with van der Waals surface area (Å²) in [5, 5.41) is 11.7. The van der Waals surface area contributed by atoms with E-state index in [-0.39, 0.29) is 18.2 Å². The smallest absolute Gasteiger partial charge is 0.256 e. The predicted molar refractivity (Wildman–Crippen MR) is 126 cm³/mol. The topological polar surface area (TPSA) is 43.8 Å². The number of nitrogens with zero attached hydrogens (tertiary/aromatic N) is 2. The Labute approximate surface area is 201 Å². The van der Waals surface area contributed by atoms with E-state index >= 15 is 0 Å². The van der Waals surface area contributed by atoms with Gasteiger partial charge in [-0.2, -0.15) is 0 Å². The second kappa shape index (κ2) is 9.67. The van der Waals surface area contributed by atoms with E-state index in [1.165, 1.54) is 4.90 Å². The maximum atomic E-state index is 14.2. The Morgan fingerprint density at radius 3 is 2.42 bits per heavy atom. The fourth-order valence-corrected chi connectivity index (χ4v) is 4.59. The molecule has 3 aromatic carbocycles. The summed E-state index contributed by atoms with van der Waals surface area (Å²) in [6.07, 6.45) is -1.73. The lowest BCUT2D eigenvalue weighted by atomic mass is 9.99. The van der Waals surface area contributed by atoms with Gasteiger partial charge >= 0.3 is 0 Å². The molecule has 8 heteroatoms. The monoisotopic (exact) mass is 490 g/mol. The van der Waals surface area contributed by atoms with Gasteiger partial charge in [-0.15, -0.1) is 0 Å². The highest BCUT2D eigenvalue weighted by atomic mass is 35.5. The molecule has 1 aliphatic rings. The highest BCUT2D eigenvalue weighted by Crippen LogP contribution is 2.36. The number of carbonyl (C=O) groups is 1. The Morgan fingerprint density at radius 2 is 1.76 bits per heavy atom. The number of amides is 1. The van der Waals surface area contributed by atoms with Crippen LogP contribution >= 0.6 is 23.2 Å². The van der Waals surface area contributed by atoms with Crippen molar-refractivity contribution in [1.82, 2.24) is 4.90 Å². The van der Waals surface area contributed by atoms with Crippen LogP contribution in [0.15, 0.2) is 60.7 Å². The van der Waals surface area contributed by atoms with Gasteiger partial charge < -0.3 is 14.9 Å². The first-order chi connectivity index (χ1) is 15.7. The molecule has 0 saturated carbocycles. The van der Waals surface area contributed by atoms with Gasteiger partial charge in [-0.3, -0.25) is 4.79 Å². The van der Waals surface area contributed by atoms with Crippen LogP contribution < -0.4 is 4.90 Å². The zero-order valence-corrected chi connectivity index (χ0v) is 19.3. The Bertz CT molecular complexity index is 1170. The van der Waals surface area contributed by atoms with Crippen LogP contribution in [0.4, 0.5) is 14.5 Å². The first kappa shape index (κ1) is 23.5. The molecule has 1 heterocycles. The number of anilines is 1. The van der Waals surface area contributed by atoms with Gasteiger partial charge in [0.05, 0.1) is 16.8 Å². The van der Waals surface area contributed by atoms with E-state index in [2.05, 4.69) is 4.90 Å². The van der Waals surface area contributed by atoms with Crippen LogP contribution in [-0.2, 0) is 4.79 Å². The number of piperazine rings is 1. The number of rotatable bonds is 4. The van der Waals surface area contributed by atoms with Crippen LogP contribution in [0.1, 0.15) is 28.8 Å². The van der Waals surface area contributed by atoms with Gasteiger partial charge in [0.1, 0.15) is 11.6 Å². The lowest BCUT2D eigenvalue weighted by Gasteiger charge is -2.44. The Morgan fingerprint density at radius 1 is 1.03 bits per heavy atom. The minimum atomic E-state index is -1.73. The van der Waals surface area contributed by atoms with Crippen molar-refractivity contribution in [3.63, 3.8) is 0 Å².